The predicted molar refractivity (Wildman–Crippen MR) is 179 cm³/mol. The van der Waals surface area contributed by atoms with Gasteiger partial charge in [-0.1, -0.05) is 17.7 Å². The molecule has 1 atom stereocenters. The number of nitro groups is 1. The smallest absolute Gasteiger partial charge is 0.323 e. The standard InChI is InChI=1S/C33H29ClN6O8/c1-18-5-11-28(19(2)13-18)47-20(3)31(42)37-25-15-27(41)24(38-33(44)36-22-8-6-21(17-35)7-9-22)16-30(25)48-29-12-10-23(40(45)46)14-26(29)39(4)32(34)43/h5-16,20,41H,1-4H3,(H,37,42)(H2,36,38,44). The van der Waals surface area contributed by atoms with Gasteiger partial charge in [-0.25, -0.2) is 4.79 Å². The number of aromatic hydroxyl groups is 1. The van der Waals surface area contributed by atoms with Gasteiger partial charge in [-0.05, 0) is 74.3 Å². The number of nitrogens with one attached hydrogen (secondary N) is 3. The molecule has 0 spiro atoms. The summed E-state index contributed by atoms with van der Waals surface area (Å²) >= 11 is 5.66. The molecule has 0 saturated carbocycles. The van der Waals surface area contributed by atoms with Crippen LogP contribution in [0.5, 0.6) is 23.0 Å². The molecule has 0 heterocycles. The van der Waals surface area contributed by atoms with E-state index in [1.165, 1.54) is 50.4 Å². The van der Waals surface area contributed by atoms with Gasteiger partial charge in [-0.15, -0.1) is 0 Å². The molecule has 246 valence electrons. The lowest BCUT2D eigenvalue weighted by Crippen LogP contribution is -2.30. The largest absolute Gasteiger partial charge is 0.506 e. The third kappa shape index (κ3) is 8.47. The Morgan fingerprint density at radius 3 is 2.25 bits per heavy atom. The molecule has 0 fully saturated rings. The number of nitrogens with zero attached hydrogens (tertiary/aromatic N) is 3. The van der Waals surface area contributed by atoms with Crippen molar-refractivity contribution < 1.29 is 33.9 Å². The number of phenolic OH excluding ortho intramolecular Hbond substituents is 1. The van der Waals surface area contributed by atoms with Crippen molar-refractivity contribution in [1.82, 2.24) is 0 Å². The van der Waals surface area contributed by atoms with Crippen molar-refractivity contribution in [2.45, 2.75) is 26.9 Å². The van der Waals surface area contributed by atoms with Gasteiger partial charge in [0, 0.05) is 37.0 Å². The van der Waals surface area contributed by atoms with Crippen LogP contribution < -0.4 is 30.3 Å². The van der Waals surface area contributed by atoms with Gasteiger partial charge < -0.3 is 30.5 Å². The molecule has 4 aromatic carbocycles. The van der Waals surface area contributed by atoms with Crippen molar-refractivity contribution in [3.63, 3.8) is 0 Å². The van der Waals surface area contributed by atoms with Crippen molar-refractivity contribution in [3.05, 3.63) is 99.6 Å². The number of rotatable bonds is 10. The molecule has 15 heteroatoms. The maximum absolute atomic E-state index is 13.3. The highest BCUT2D eigenvalue weighted by Gasteiger charge is 2.23. The number of nitriles is 1. The second kappa shape index (κ2) is 14.8. The van der Waals surface area contributed by atoms with Crippen LogP contribution in [0.2, 0.25) is 0 Å². The predicted octanol–water partition coefficient (Wildman–Crippen LogP) is 7.43. The number of carbonyl (C=O) groups is 3. The highest BCUT2D eigenvalue weighted by molar-refractivity contribution is 6.66. The quantitative estimate of drug-likeness (QED) is 0.0435. The number of phenols is 1. The summed E-state index contributed by atoms with van der Waals surface area (Å²) in [5.74, 6) is -0.840. The third-order valence-electron chi connectivity index (χ3n) is 6.88. The van der Waals surface area contributed by atoms with Gasteiger partial charge in [0.05, 0.1) is 33.6 Å². The lowest BCUT2D eigenvalue weighted by molar-refractivity contribution is -0.384. The minimum atomic E-state index is -1.02. The number of benzene rings is 4. The minimum Gasteiger partial charge on any atom is -0.506 e. The van der Waals surface area contributed by atoms with Crippen LogP contribution >= 0.6 is 11.6 Å². The van der Waals surface area contributed by atoms with Crippen molar-refractivity contribution >= 4 is 57.3 Å². The Bertz CT molecular complexity index is 1940. The summed E-state index contributed by atoms with van der Waals surface area (Å²) in [7, 11) is 1.27. The van der Waals surface area contributed by atoms with Gasteiger partial charge in [0.25, 0.3) is 11.6 Å². The number of aryl methyl sites for hydroxylation is 2. The molecule has 0 aliphatic rings. The number of urea groups is 1. The van der Waals surface area contributed by atoms with E-state index in [4.69, 9.17) is 26.3 Å². The van der Waals surface area contributed by atoms with Gasteiger partial charge in [-0.2, -0.15) is 5.26 Å². The van der Waals surface area contributed by atoms with Crippen LogP contribution in [0.3, 0.4) is 0 Å². The molecule has 0 radical (unpaired) electrons. The Balaban J connectivity index is 1.69. The number of hydrogen-bond donors (Lipinski definition) is 4. The summed E-state index contributed by atoms with van der Waals surface area (Å²) in [4.78, 5) is 49.8. The molecule has 0 saturated heterocycles. The molecule has 0 aliphatic heterocycles. The minimum absolute atomic E-state index is 0.0733. The Kier molecular flexibility index (Phi) is 10.7. The fourth-order valence-corrected chi connectivity index (χ4v) is 4.45. The normalized spacial score (nSPS) is 11.0. The summed E-state index contributed by atoms with van der Waals surface area (Å²) in [6, 6.07) is 18.5. The zero-order valence-electron chi connectivity index (χ0n) is 26.0. The number of hydrogen-bond acceptors (Lipinski definition) is 9. The molecule has 0 aromatic heterocycles. The number of ether oxygens (including phenoxy) is 2. The Labute approximate surface area is 279 Å². The van der Waals surface area contributed by atoms with E-state index >= 15 is 0 Å². The molecule has 48 heavy (non-hydrogen) atoms. The number of anilines is 4. The molecular weight excluding hydrogens is 644 g/mol. The third-order valence-corrected chi connectivity index (χ3v) is 7.13. The number of amides is 4. The zero-order chi connectivity index (χ0) is 35.1. The van der Waals surface area contributed by atoms with Crippen LogP contribution in [0.1, 0.15) is 23.6 Å². The number of carbonyl (C=O) groups excluding carboxylic acids is 3. The van der Waals surface area contributed by atoms with Crippen molar-refractivity contribution in [1.29, 1.82) is 5.26 Å². The molecule has 0 bridgehead atoms. The lowest BCUT2D eigenvalue weighted by Gasteiger charge is -2.21. The summed E-state index contributed by atoms with van der Waals surface area (Å²) in [5.41, 5.74) is 1.90. The summed E-state index contributed by atoms with van der Waals surface area (Å²) in [6.45, 7) is 5.28. The molecule has 4 amide bonds. The number of non-ortho nitro benzene ring substituents is 1. The van der Waals surface area contributed by atoms with Crippen molar-refractivity contribution in [3.8, 4) is 29.1 Å². The van der Waals surface area contributed by atoms with Gasteiger partial charge in [0.2, 0.25) is 0 Å². The summed E-state index contributed by atoms with van der Waals surface area (Å²) < 4.78 is 11.9. The molecular formula is C33H29ClN6O8. The van der Waals surface area contributed by atoms with Crippen LogP contribution in [-0.4, -0.2) is 40.5 Å². The zero-order valence-corrected chi connectivity index (χ0v) is 26.8. The second-order valence-electron chi connectivity index (χ2n) is 10.5. The topological polar surface area (TPSA) is 196 Å². The Morgan fingerprint density at radius 1 is 0.938 bits per heavy atom. The first kappa shape index (κ1) is 34.5. The molecule has 4 N–H and O–H groups in total. The van der Waals surface area contributed by atoms with E-state index in [0.717, 1.165) is 34.2 Å². The molecule has 1 unspecified atom stereocenters. The van der Waals surface area contributed by atoms with E-state index in [9.17, 15) is 29.6 Å². The number of nitro benzene ring substituents is 1. The van der Waals surface area contributed by atoms with Crippen LogP contribution in [0.4, 0.5) is 38.0 Å². The second-order valence-corrected chi connectivity index (χ2v) is 10.8. The van der Waals surface area contributed by atoms with E-state index in [2.05, 4.69) is 16.0 Å². The lowest BCUT2D eigenvalue weighted by atomic mass is 10.1. The van der Waals surface area contributed by atoms with Crippen molar-refractivity contribution in [2.24, 2.45) is 0 Å². The summed E-state index contributed by atoms with van der Waals surface area (Å²) in [6.07, 6.45) is -1.02. The van der Waals surface area contributed by atoms with E-state index in [0.29, 0.717) is 17.0 Å². The number of halogens is 1. The fourth-order valence-electron chi connectivity index (χ4n) is 4.35. The van der Waals surface area contributed by atoms with Crippen LogP contribution in [0.15, 0.2) is 72.8 Å². The van der Waals surface area contributed by atoms with Crippen LogP contribution in [0.25, 0.3) is 0 Å². The highest BCUT2D eigenvalue weighted by Crippen LogP contribution is 2.42. The van der Waals surface area contributed by atoms with Gasteiger partial charge in [-0.3, -0.25) is 24.6 Å². The maximum Gasteiger partial charge on any atom is 0.323 e. The van der Waals surface area contributed by atoms with Crippen molar-refractivity contribution in [2.75, 3.05) is 27.9 Å². The highest BCUT2D eigenvalue weighted by atomic mass is 35.5. The first-order valence-electron chi connectivity index (χ1n) is 14.1. The Hall–Kier alpha value is -6.33. The van der Waals surface area contributed by atoms with Gasteiger partial charge in [0.15, 0.2) is 17.6 Å². The summed E-state index contributed by atoms with van der Waals surface area (Å²) in [5, 5.41) is 38.0. The first-order valence-corrected chi connectivity index (χ1v) is 14.5. The van der Waals surface area contributed by atoms with Crippen LogP contribution in [-0.2, 0) is 4.79 Å². The average Bonchev–Trinajstić information content (AvgIpc) is 3.04. The maximum atomic E-state index is 13.3. The molecule has 0 aliphatic carbocycles. The fraction of sp³-hybridized carbons (Fsp3) is 0.152. The SMILES string of the molecule is Cc1ccc(OC(C)C(=O)Nc2cc(O)c(NC(=O)Nc3ccc(C#N)cc3)cc2Oc2ccc([N+](=O)[O-])cc2N(C)C(=O)Cl)c(C)c1. The van der Waals surface area contributed by atoms with E-state index in [1.54, 1.807) is 6.07 Å². The monoisotopic (exact) mass is 672 g/mol. The average molecular weight is 673 g/mol. The van der Waals surface area contributed by atoms with E-state index in [-0.39, 0.29) is 34.2 Å². The molecule has 4 aromatic rings. The Morgan fingerprint density at radius 2 is 1.62 bits per heavy atom. The van der Waals surface area contributed by atoms with Gasteiger partial charge in [0.1, 0.15) is 11.5 Å². The first-order chi connectivity index (χ1) is 22.7. The van der Waals surface area contributed by atoms with Gasteiger partial charge >= 0.3 is 11.4 Å². The van der Waals surface area contributed by atoms with E-state index < -0.39 is 34.1 Å². The molecule has 14 nitrogen and oxygen atoms in total. The van der Waals surface area contributed by atoms with Crippen LogP contribution in [0, 0.1) is 35.3 Å². The molecule has 4 rings (SSSR count). The van der Waals surface area contributed by atoms with E-state index in [1.807, 2.05) is 32.0 Å².